The summed E-state index contributed by atoms with van der Waals surface area (Å²) in [7, 11) is 0. The highest BCUT2D eigenvalue weighted by Gasteiger charge is 2.67. The number of esters is 1. The third-order valence-electron chi connectivity index (χ3n) is 5.08. The van der Waals surface area contributed by atoms with Crippen molar-refractivity contribution >= 4 is 5.97 Å². The molecule has 15 heavy (non-hydrogen) atoms. The fourth-order valence-electron chi connectivity index (χ4n) is 3.57. The van der Waals surface area contributed by atoms with Crippen molar-refractivity contribution in [2.75, 3.05) is 0 Å². The second-order valence-corrected chi connectivity index (χ2v) is 5.79. The van der Waals surface area contributed by atoms with E-state index in [-0.39, 0.29) is 29.0 Å². The Bertz CT molecular complexity index is 297. The van der Waals surface area contributed by atoms with Crippen molar-refractivity contribution in [1.82, 2.24) is 0 Å². The highest BCUT2D eigenvalue weighted by atomic mass is 16.5. The summed E-state index contributed by atoms with van der Waals surface area (Å²) in [5.41, 5.74) is -0.212. The zero-order chi connectivity index (χ0) is 11.4. The van der Waals surface area contributed by atoms with Crippen LogP contribution in [0, 0.1) is 16.7 Å². The SMILES string of the molecule is CC(=O)O[C@@H]1C[C@@H]2C[C@@H](O)[C@@]1(C)C2(C)C. The predicted octanol–water partition coefficient (Wildman–Crippen LogP) is 1.74. The van der Waals surface area contributed by atoms with E-state index in [9.17, 15) is 9.90 Å². The van der Waals surface area contributed by atoms with Crippen LogP contribution in [0.4, 0.5) is 0 Å². The summed E-state index contributed by atoms with van der Waals surface area (Å²) >= 11 is 0. The minimum absolute atomic E-state index is 0.0620. The van der Waals surface area contributed by atoms with Gasteiger partial charge in [-0.1, -0.05) is 20.8 Å². The second-order valence-electron chi connectivity index (χ2n) is 5.79. The van der Waals surface area contributed by atoms with Gasteiger partial charge in [0, 0.05) is 12.3 Å². The first kappa shape index (κ1) is 10.9. The molecule has 2 saturated carbocycles. The van der Waals surface area contributed by atoms with Crippen LogP contribution < -0.4 is 0 Å². The average molecular weight is 212 g/mol. The number of carbonyl (C=O) groups is 1. The van der Waals surface area contributed by atoms with Crippen molar-refractivity contribution in [3.05, 3.63) is 0 Å². The maximum atomic E-state index is 11.0. The molecule has 86 valence electrons. The number of carbonyl (C=O) groups excluding carboxylic acids is 1. The van der Waals surface area contributed by atoms with Gasteiger partial charge < -0.3 is 9.84 Å². The lowest BCUT2D eigenvalue weighted by Gasteiger charge is -2.40. The molecule has 2 aliphatic carbocycles. The van der Waals surface area contributed by atoms with Crippen LogP contribution in [0.1, 0.15) is 40.5 Å². The topological polar surface area (TPSA) is 46.5 Å². The molecule has 0 aromatic heterocycles. The summed E-state index contributed by atoms with van der Waals surface area (Å²) in [6.45, 7) is 7.85. The number of hydrogen-bond acceptors (Lipinski definition) is 3. The molecule has 0 spiro atoms. The molecule has 0 radical (unpaired) electrons. The summed E-state index contributed by atoms with van der Waals surface area (Å²) in [5.74, 6) is 0.235. The number of fused-ring (bicyclic) bond motifs is 2. The molecular formula is C12H20O3. The van der Waals surface area contributed by atoms with Crippen LogP contribution in [0.3, 0.4) is 0 Å². The molecule has 2 bridgehead atoms. The van der Waals surface area contributed by atoms with E-state index >= 15 is 0 Å². The first-order valence-electron chi connectivity index (χ1n) is 5.65. The predicted molar refractivity (Wildman–Crippen MR) is 56.2 cm³/mol. The molecule has 2 aliphatic rings. The van der Waals surface area contributed by atoms with Crippen LogP contribution in [-0.4, -0.2) is 23.3 Å². The fourth-order valence-corrected chi connectivity index (χ4v) is 3.57. The number of rotatable bonds is 1. The third kappa shape index (κ3) is 1.19. The average Bonchev–Trinajstić information content (AvgIpc) is 2.35. The van der Waals surface area contributed by atoms with Gasteiger partial charge in [0.2, 0.25) is 0 Å². The van der Waals surface area contributed by atoms with Gasteiger partial charge in [-0.2, -0.15) is 0 Å². The first-order valence-corrected chi connectivity index (χ1v) is 5.65. The Hall–Kier alpha value is -0.570. The Morgan fingerprint density at radius 3 is 2.33 bits per heavy atom. The third-order valence-corrected chi connectivity index (χ3v) is 5.08. The highest BCUT2D eigenvalue weighted by molar-refractivity contribution is 5.66. The van der Waals surface area contributed by atoms with Gasteiger partial charge in [-0.25, -0.2) is 0 Å². The maximum Gasteiger partial charge on any atom is 0.302 e. The van der Waals surface area contributed by atoms with Crippen molar-refractivity contribution < 1.29 is 14.6 Å². The molecule has 0 saturated heterocycles. The van der Waals surface area contributed by atoms with E-state index < -0.39 is 0 Å². The van der Waals surface area contributed by atoms with E-state index in [0.29, 0.717) is 5.92 Å². The lowest BCUT2D eigenvalue weighted by Crippen LogP contribution is -2.46. The lowest BCUT2D eigenvalue weighted by atomic mass is 9.69. The van der Waals surface area contributed by atoms with Crippen molar-refractivity contribution in [2.24, 2.45) is 16.7 Å². The number of aliphatic hydroxyl groups is 1. The summed E-state index contributed by atoms with van der Waals surface area (Å²) in [5, 5.41) is 10.1. The molecule has 0 aromatic carbocycles. The summed E-state index contributed by atoms with van der Waals surface area (Å²) in [6, 6.07) is 0. The van der Waals surface area contributed by atoms with Crippen molar-refractivity contribution in [2.45, 2.75) is 52.7 Å². The number of ether oxygens (including phenoxy) is 1. The van der Waals surface area contributed by atoms with Gasteiger partial charge in [0.15, 0.2) is 0 Å². The maximum absolute atomic E-state index is 11.0. The Balaban J connectivity index is 2.30. The quantitative estimate of drug-likeness (QED) is 0.673. The van der Waals surface area contributed by atoms with Gasteiger partial charge in [0.1, 0.15) is 6.10 Å². The Morgan fingerprint density at radius 2 is 1.93 bits per heavy atom. The van der Waals surface area contributed by atoms with Crippen LogP contribution in [0.15, 0.2) is 0 Å². The summed E-state index contributed by atoms with van der Waals surface area (Å²) in [4.78, 5) is 11.0. The first-order chi connectivity index (χ1) is 6.80. The van der Waals surface area contributed by atoms with Gasteiger partial charge in [0.25, 0.3) is 0 Å². The molecule has 0 heterocycles. The minimum atomic E-state index is -0.337. The van der Waals surface area contributed by atoms with E-state index in [4.69, 9.17) is 4.74 Å². The van der Waals surface area contributed by atoms with E-state index in [2.05, 4.69) is 20.8 Å². The van der Waals surface area contributed by atoms with Crippen LogP contribution in [0.2, 0.25) is 0 Å². The van der Waals surface area contributed by atoms with Gasteiger partial charge in [0.05, 0.1) is 6.10 Å². The summed E-state index contributed by atoms with van der Waals surface area (Å²) in [6.07, 6.45) is 1.30. The molecule has 0 aliphatic heterocycles. The zero-order valence-electron chi connectivity index (χ0n) is 9.91. The fraction of sp³-hybridized carbons (Fsp3) is 0.917. The molecule has 2 rings (SSSR count). The monoisotopic (exact) mass is 212 g/mol. The van der Waals surface area contributed by atoms with E-state index in [0.717, 1.165) is 12.8 Å². The zero-order valence-corrected chi connectivity index (χ0v) is 9.91. The normalized spacial score (nSPS) is 46.9. The van der Waals surface area contributed by atoms with Crippen molar-refractivity contribution in [3.8, 4) is 0 Å². The molecule has 0 aromatic rings. The molecule has 0 unspecified atom stereocenters. The van der Waals surface area contributed by atoms with Gasteiger partial charge in [-0.05, 0) is 24.2 Å². The van der Waals surface area contributed by atoms with E-state index in [1.54, 1.807) is 0 Å². The van der Waals surface area contributed by atoms with Crippen LogP contribution in [0.25, 0.3) is 0 Å². The van der Waals surface area contributed by atoms with E-state index in [1.807, 2.05) is 0 Å². The van der Waals surface area contributed by atoms with Gasteiger partial charge >= 0.3 is 5.97 Å². The molecule has 3 nitrogen and oxygen atoms in total. The Labute approximate surface area is 90.8 Å². The number of hydrogen-bond donors (Lipinski definition) is 1. The van der Waals surface area contributed by atoms with Crippen LogP contribution in [-0.2, 0) is 9.53 Å². The Kier molecular flexibility index (Phi) is 2.16. The second kappa shape index (κ2) is 2.97. The van der Waals surface area contributed by atoms with Crippen molar-refractivity contribution in [3.63, 3.8) is 0 Å². The van der Waals surface area contributed by atoms with Gasteiger partial charge in [-0.15, -0.1) is 0 Å². The molecule has 1 N–H and O–H groups in total. The van der Waals surface area contributed by atoms with Crippen LogP contribution in [0.5, 0.6) is 0 Å². The molecule has 3 heteroatoms. The van der Waals surface area contributed by atoms with Crippen LogP contribution >= 0.6 is 0 Å². The lowest BCUT2D eigenvalue weighted by molar-refractivity contribution is -0.160. The standard InChI is InChI=1S/C12H20O3/c1-7(13)15-10-6-8-5-9(14)12(10,4)11(8,2)3/h8-10,14H,5-6H2,1-4H3/t8-,9+,10+,12+/m0/s1. The molecule has 2 fully saturated rings. The van der Waals surface area contributed by atoms with E-state index in [1.165, 1.54) is 6.92 Å². The Morgan fingerprint density at radius 1 is 1.33 bits per heavy atom. The highest BCUT2D eigenvalue weighted by Crippen LogP contribution is 2.66. The van der Waals surface area contributed by atoms with Crippen molar-refractivity contribution in [1.29, 1.82) is 0 Å². The smallest absolute Gasteiger partial charge is 0.302 e. The molecular weight excluding hydrogens is 192 g/mol. The molecule has 4 atom stereocenters. The largest absolute Gasteiger partial charge is 0.462 e. The minimum Gasteiger partial charge on any atom is -0.462 e. The summed E-state index contributed by atoms with van der Waals surface area (Å²) < 4.78 is 5.36. The number of aliphatic hydroxyl groups excluding tert-OH is 1. The molecule has 0 amide bonds. The van der Waals surface area contributed by atoms with Gasteiger partial charge in [-0.3, -0.25) is 4.79 Å².